The monoisotopic (exact) mass is 388 g/mol. The molecular formula is C19H18Cl2N4O. The first-order valence-electron chi connectivity index (χ1n) is 8.13. The van der Waals surface area contributed by atoms with Gasteiger partial charge in [0.15, 0.2) is 0 Å². The molecule has 0 aliphatic heterocycles. The molecule has 0 atom stereocenters. The van der Waals surface area contributed by atoms with Crippen LogP contribution in [0, 0.1) is 0 Å². The van der Waals surface area contributed by atoms with E-state index in [-0.39, 0.29) is 5.91 Å². The molecule has 26 heavy (non-hydrogen) atoms. The molecule has 1 amide bonds. The molecule has 2 N–H and O–H groups in total. The molecule has 134 valence electrons. The van der Waals surface area contributed by atoms with Gasteiger partial charge >= 0.3 is 0 Å². The number of hydrogen-bond donors (Lipinski definition) is 2. The number of hydrogen-bond acceptors (Lipinski definition) is 3. The van der Waals surface area contributed by atoms with Crippen LogP contribution in [0.15, 0.2) is 61.2 Å². The van der Waals surface area contributed by atoms with Crippen molar-refractivity contribution < 1.29 is 4.79 Å². The molecule has 0 bridgehead atoms. The van der Waals surface area contributed by atoms with Crippen molar-refractivity contribution in [2.45, 2.75) is 13.1 Å². The molecule has 0 unspecified atom stereocenters. The van der Waals surface area contributed by atoms with E-state index in [0.29, 0.717) is 22.2 Å². The van der Waals surface area contributed by atoms with Gasteiger partial charge in [-0.3, -0.25) is 4.79 Å². The van der Waals surface area contributed by atoms with E-state index in [1.807, 2.05) is 35.0 Å². The zero-order valence-corrected chi connectivity index (χ0v) is 15.5. The topological polar surface area (TPSA) is 59.0 Å². The van der Waals surface area contributed by atoms with Gasteiger partial charge in [-0.2, -0.15) is 0 Å². The third-order valence-corrected chi connectivity index (χ3v) is 4.34. The van der Waals surface area contributed by atoms with Crippen LogP contribution in [-0.2, 0) is 13.1 Å². The lowest BCUT2D eigenvalue weighted by Gasteiger charge is -2.10. The van der Waals surface area contributed by atoms with Crippen molar-refractivity contribution in [3.63, 3.8) is 0 Å². The fourth-order valence-corrected chi connectivity index (χ4v) is 2.99. The summed E-state index contributed by atoms with van der Waals surface area (Å²) in [4.78, 5) is 16.4. The highest BCUT2D eigenvalue weighted by Crippen LogP contribution is 2.22. The second-order valence-corrected chi connectivity index (χ2v) is 6.60. The summed E-state index contributed by atoms with van der Waals surface area (Å²) < 4.78 is 2.01. The van der Waals surface area contributed by atoms with Gasteiger partial charge in [0.2, 0.25) is 0 Å². The zero-order chi connectivity index (χ0) is 18.4. The second kappa shape index (κ2) is 8.85. The van der Waals surface area contributed by atoms with Gasteiger partial charge in [-0.15, -0.1) is 0 Å². The Morgan fingerprint density at radius 1 is 1.15 bits per heavy atom. The molecule has 0 aliphatic rings. The molecule has 0 aliphatic carbocycles. The predicted octanol–water partition coefficient (Wildman–Crippen LogP) is 4.23. The van der Waals surface area contributed by atoms with Gasteiger partial charge in [-0.05, 0) is 35.9 Å². The minimum absolute atomic E-state index is 0.267. The minimum atomic E-state index is -0.267. The lowest BCUT2D eigenvalue weighted by atomic mass is 10.1. The number of benzene rings is 2. The number of aromatic nitrogens is 2. The van der Waals surface area contributed by atoms with Crippen molar-refractivity contribution in [1.29, 1.82) is 0 Å². The average Bonchev–Trinajstić information content (AvgIpc) is 3.12. The van der Waals surface area contributed by atoms with Crippen LogP contribution in [0.3, 0.4) is 0 Å². The molecule has 0 radical (unpaired) electrons. The number of imidazole rings is 1. The van der Waals surface area contributed by atoms with Gasteiger partial charge in [0.25, 0.3) is 5.91 Å². The van der Waals surface area contributed by atoms with Crippen LogP contribution in [0.2, 0.25) is 10.0 Å². The molecule has 5 nitrogen and oxygen atoms in total. The van der Waals surface area contributed by atoms with E-state index < -0.39 is 0 Å². The summed E-state index contributed by atoms with van der Waals surface area (Å²) in [5.41, 5.74) is 2.19. The maximum atomic E-state index is 12.4. The van der Waals surface area contributed by atoms with Gasteiger partial charge in [0.1, 0.15) is 0 Å². The highest BCUT2D eigenvalue weighted by atomic mass is 35.5. The van der Waals surface area contributed by atoms with Crippen LogP contribution >= 0.6 is 23.2 Å². The zero-order valence-electron chi connectivity index (χ0n) is 14.0. The molecule has 1 aromatic heterocycles. The summed E-state index contributed by atoms with van der Waals surface area (Å²) in [6.07, 6.45) is 5.48. The van der Waals surface area contributed by atoms with Crippen LogP contribution < -0.4 is 10.6 Å². The molecule has 7 heteroatoms. The highest BCUT2D eigenvalue weighted by molar-refractivity contribution is 6.37. The SMILES string of the molecule is O=C(Nc1cccc(CNCCn2ccnc2)c1)c1ccc(Cl)cc1Cl. The maximum absolute atomic E-state index is 12.4. The summed E-state index contributed by atoms with van der Waals surface area (Å²) in [6.45, 7) is 2.39. The van der Waals surface area contributed by atoms with Crippen molar-refractivity contribution in [3.05, 3.63) is 82.4 Å². The maximum Gasteiger partial charge on any atom is 0.257 e. The van der Waals surface area contributed by atoms with E-state index in [4.69, 9.17) is 23.2 Å². The Morgan fingerprint density at radius 2 is 2.04 bits per heavy atom. The third-order valence-electron chi connectivity index (χ3n) is 3.80. The molecule has 0 spiro atoms. The fourth-order valence-electron chi connectivity index (χ4n) is 2.49. The van der Waals surface area contributed by atoms with Crippen molar-refractivity contribution in [1.82, 2.24) is 14.9 Å². The normalized spacial score (nSPS) is 10.7. The standard InChI is InChI=1S/C19H18Cl2N4O/c20-15-4-5-17(18(21)11-15)19(26)24-16-3-1-2-14(10-16)12-22-6-8-25-9-7-23-13-25/h1-5,7,9-11,13,22H,6,8,12H2,(H,24,26). The number of anilines is 1. The molecule has 0 fully saturated rings. The Balaban J connectivity index is 1.55. The number of nitrogens with one attached hydrogen (secondary N) is 2. The first-order valence-corrected chi connectivity index (χ1v) is 8.89. The van der Waals surface area contributed by atoms with Crippen molar-refractivity contribution in [2.24, 2.45) is 0 Å². The number of rotatable bonds is 7. The van der Waals surface area contributed by atoms with Crippen LogP contribution in [0.25, 0.3) is 0 Å². The van der Waals surface area contributed by atoms with Crippen LogP contribution in [-0.4, -0.2) is 22.0 Å². The summed E-state index contributed by atoms with van der Waals surface area (Å²) in [5, 5.41) is 7.06. The van der Waals surface area contributed by atoms with Crippen molar-refractivity contribution in [3.8, 4) is 0 Å². The smallest absolute Gasteiger partial charge is 0.257 e. The number of halogens is 2. The van der Waals surface area contributed by atoms with Crippen LogP contribution in [0.5, 0.6) is 0 Å². The summed E-state index contributed by atoms with van der Waals surface area (Å²) >= 11 is 12.0. The fraction of sp³-hybridized carbons (Fsp3) is 0.158. The molecule has 3 aromatic rings. The highest BCUT2D eigenvalue weighted by Gasteiger charge is 2.11. The van der Waals surface area contributed by atoms with Crippen LogP contribution in [0.1, 0.15) is 15.9 Å². The summed E-state index contributed by atoms with van der Waals surface area (Å²) in [7, 11) is 0. The van der Waals surface area contributed by atoms with E-state index in [1.54, 1.807) is 30.7 Å². The summed E-state index contributed by atoms with van der Waals surface area (Å²) in [6, 6.07) is 12.5. The molecule has 1 heterocycles. The van der Waals surface area contributed by atoms with Crippen molar-refractivity contribution in [2.75, 3.05) is 11.9 Å². The summed E-state index contributed by atoms with van der Waals surface area (Å²) in [5.74, 6) is -0.267. The largest absolute Gasteiger partial charge is 0.336 e. The lowest BCUT2D eigenvalue weighted by molar-refractivity contribution is 0.102. The average molecular weight is 389 g/mol. The first-order chi connectivity index (χ1) is 12.6. The Labute approximate surface area is 162 Å². The Morgan fingerprint density at radius 3 is 2.81 bits per heavy atom. The molecule has 0 saturated heterocycles. The second-order valence-electron chi connectivity index (χ2n) is 5.76. The van der Waals surface area contributed by atoms with E-state index in [2.05, 4.69) is 15.6 Å². The van der Waals surface area contributed by atoms with E-state index in [1.165, 1.54) is 0 Å². The van der Waals surface area contributed by atoms with E-state index >= 15 is 0 Å². The number of carbonyl (C=O) groups is 1. The predicted molar refractivity (Wildman–Crippen MR) is 105 cm³/mol. The number of amides is 1. The molecule has 2 aromatic carbocycles. The Bertz CT molecular complexity index is 881. The number of nitrogens with zero attached hydrogens (tertiary/aromatic N) is 2. The van der Waals surface area contributed by atoms with Crippen molar-refractivity contribution >= 4 is 34.8 Å². The molecular weight excluding hydrogens is 371 g/mol. The van der Waals surface area contributed by atoms with Gasteiger partial charge in [0, 0.05) is 42.7 Å². The Hall–Kier alpha value is -2.34. The lowest BCUT2D eigenvalue weighted by Crippen LogP contribution is -2.19. The van der Waals surface area contributed by atoms with E-state index in [9.17, 15) is 4.79 Å². The van der Waals surface area contributed by atoms with Gasteiger partial charge in [-0.25, -0.2) is 4.98 Å². The van der Waals surface area contributed by atoms with Gasteiger partial charge in [0.05, 0.1) is 16.9 Å². The van der Waals surface area contributed by atoms with Crippen LogP contribution in [0.4, 0.5) is 5.69 Å². The van der Waals surface area contributed by atoms with E-state index in [0.717, 1.165) is 24.3 Å². The van der Waals surface area contributed by atoms with Gasteiger partial charge in [-0.1, -0.05) is 35.3 Å². The molecule has 3 rings (SSSR count). The first kappa shape index (κ1) is 18.5. The third kappa shape index (κ3) is 5.08. The number of carbonyl (C=O) groups excluding carboxylic acids is 1. The minimum Gasteiger partial charge on any atom is -0.336 e. The Kier molecular flexibility index (Phi) is 6.28. The molecule has 0 saturated carbocycles. The van der Waals surface area contributed by atoms with Gasteiger partial charge < -0.3 is 15.2 Å². The quantitative estimate of drug-likeness (QED) is 0.595.